The molecule has 0 aliphatic carbocycles. The molecule has 3 amide bonds. The van der Waals surface area contributed by atoms with Crippen LogP contribution in [0.25, 0.3) is 11.3 Å². The predicted molar refractivity (Wildman–Crippen MR) is 122 cm³/mol. The van der Waals surface area contributed by atoms with E-state index in [1.165, 1.54) is 18.2 Å². The van der Waals surface area contributed by atoms with Crippen molar-refractivity contribution in [3.63, 3.8) is 0 Å². The first-order valence-electron chi connectivity index (χ1n) is 10.3. The van der Waals surface area contributed by atoms with E-state index in [0.717, 1.165) is 26.7 Å². The maximum atomic E-state index is 12.5. The summed E-state index contributed by atoms with van der Waals surface area (Å²) in [7, 11) is 0. The van der Waals surface area contributed by atoms with Gasteiger partial charge in [-0.1, -0.05) is 30.3 Å². The summed E-state index contributed by atoms with van der Waals surface area (Å²) in [4.78, 5) is 53.1. The number of nitro groups is 1. The number of nitrogens with zero attached hydrogens (tertiary/aromatic N) is 3. The number of imide groups is 1. The molecule has 10 heteroatoms. The quantitative estimate of drug-likeness (QED) is 0.310. The lowest BCUT2D eigenvalue weighted by molar-refractivity contribution is -0.385. The molecule has 33 heavy (non-hydrogen) atoms. The van der Waals surface area contributed by atoms with Gasteiger partial charge in [-0.2, -0.15) is 0 Å². The second-order valence-electron chi connectivity index (χ2n) is 7.52. The van der Waals surface area contributed by atoms with E-state index in [4.69, 9.17) is 0 Å². The van der Waals surface area contributed by atoms with Crippen LogP contribution >= 0.6 is 11.3 Å². The van der Waals surface area contributed by atoms with E-state index in [-0.39, 0.29) is 30.0 Å². The Morgan fingerprint density at radius 1 is 1.15 bits per heavy atom. The zero-order valence-corrected chi connectivity index (χ0v) is 18.6. The standard InChI is InChI=1S/C23H20N4O5S/c1-14-25-18(13-33-14)16-7-5-15(6-8-16)9-11-24-20(28)10-12-26-22(29)17-3-2-4-19(27(31)32)21(17)23(26)30/h2-8,13H,9-12H2,1H3,(H,24,28). The topological polar surface area (TPSA) is 123 Å². The monoisotopic (exact) mass is 464 g/mol. The maximum Gasteiger partial charge on any atom is 0.282 e. The second kappa shape index (κ2) is 9.29. The van der Waals surface area contributed by atoms with Crippen molar-refractivity contribution in [1.29, 1.82) is 0 Å². The van der Waals surface area contributed by atoms with Crippen LogP contribution in [-0.4, -0.2) is 45.6 Å². The summed E-state index contributed by atoms with van der Waals surface area (Å²) in [5.41, 5.74) is 2.39. The van der Waals surface area contributed by atoms with Gasteiger partial charge in [-0.05, 0) is 25.0 Å². The molecule has 9 nitrogen and oxygen atoms in total. The molecule has 0 bridgehead atoms. The Bertz CT molecular complexity index is 1250. The van der Waals surface area contributed by atoms with Crippen molar-refractivity contribution < 1.29 is 19.3 Å². The first-order chi connectivity index (χ1) is 15.8. The van der Waals surface area contributed by atoms with Crippen molar-refractivity contribution in [2.24, 2.45) is 0 Å². The van der Waals surface area contributed by atoms with Gasteiger partial charge >= 0.3 is 0 Å². The average Bonchev–Trinajstić information content (AvgIpc) is 3.34. The minimum atomic E-state index is -0.745. The van der Waals surface area contributed by atoms with Crippen molar-refractivity contribution in [1.82, 2.24) is 15.2 Å². The molecule has 0 fully saturated rings. The van der Waals surface area contributed by atoms with E-state index in [1.807, 2.05) is 36.6 Å². The van der Waals surface area contributed by atoms with Crippen LogP contribution in [0.2, 0.25) is 0 Å². The number of hydrogen-bond donors (Lipinski definition) is 1. The van der Waals surface area contributed by atoms with Gasteiger partial charge in [-0.25, -0.2) is 4.98 Å². The number of nitrogens with one attached hydrogen (secondary N) is 1. The van der Waals surface area contributed by atoms with E-state index in [2.05, 4.69) is 10.3 Å². The van der Waals surface area contributed by atoms with Gasteiger partial charge < -0.3 is 5.32 Å². The van der Waals surface area contributed by atoms with Crippen LogP contribution in [0.5, 0.6) is 0 Å². The summed E-state index contributed by atoms with van der Waals surface area (Å²) in [6.45, 7) is 2.22. The fraction of sp³-hybridized carbons (Fsp3) is 0.217. The zero-order valence-electron chi connectivity index (χ0n) is 17.7. The Morgan fingerprint density at radius 3 is 2.58 bits per heavy atom. The number of hydrogen-bond acceptors (Lipinski definition) is 7. The van der Waals surface area contributed by atoms with Crippen molar-refractivity contribution in [2.75, 3.05) is 13.1 Å². The number of thiazole rings is 1. The molecule has 3 aromatic rings. The fourth-order valence-corrected chi connectivity index (χ4v) is 4.28. The van der Waals surface area contributed by atoms with Crippen LogP contribution in [-0.2, 0) is 11.2 Å². The van der Waals surface area contributed by atoms with Crippen LogP contribution < -0.4 is 5.32 Å². The van der Waals surface area contributed by atoms with E-state index in [1.54, 1.807) is 11.3 Å². The van der Waals surface area contributed by atoms with E-state index < -0.39 is 22.4 Å². The van der Waals surface area contributed by atoms with Gasteiger partial charge in [0.2, 0.25) is 5.91 Å². The molecular formula is C23H20N4O5S. The summed E-state index contributed by atoms with van der Waals surface area (Å²) in [5, 5.41) is 17.0. The van der Waals surface area contributed by atoms with Crippen molar-refractivity contribution in [3.8, 4) is 11.3 Å². The molecule has 1 aliphatic rings. The highest BCUT2D eigenvalue weighted by Crippen LogP contribution is 2.30. The number of carbonyl (C=O) groups is 3. The van der Waals surface area contributed by atoms with Crippen molar-refractivity contribution in [2.45, 2.75) is 19.8 Å². The molecule has 0 atom stereocenters. The molecule has 0 radical (unpaired) electrons. The Balaban J connectivity index is 1.27. The zero-order chi connectivity index (χ0) is 23.5. The highest BCUT2D eigenvalue weighted by Gasteiger charge is 2.40. The van der Waals surface area contributed by atoms with Crippen molar-refractivity contribution >= 4 is 34.7 Å². The molecule has 0 saturated heterocycles. The largest absolute Gasteiger partial charge is 0.356 e. The predicted octanol–water partition coefficient (Wildman–Crippen LogP) is 3.37. The molecule has 1 aromatic heterocycles. The van der Waals surface area contributed by atoms with Gasteiger partial charge in [0.25, 0.3) is 17.5 Å². The first-order valence-corrected chi connectivity index (χ1v) is 11.1. The molecule has 0 saturated carbocycles. The number of benzene rings is 2. The summed E-state index contributed by atoms with van der Waals surface area (Å²) >= 11 is 1.60. The third-order valence-corrected chi connectivity index (χ3v) is 6.11. The number of aromatic nitrogens is 1. The summed E-state index contributed by atoms with van der Waals surface area (Å²) in [6, 6.07) is 11.9. The van der Waals surface area contributed by atoms with Crippen LogP contribution in [0, 0.1) is 17.0 Å². The highest BCUT2D eigenvalue weighted by molar-refractivity contribution is 7.09. The lowest BCUT2D eigenvalue weighted by atomic mass is 10.1. The normalized spacial score (nSPS) is 12.7. The Kier molecular flexibility index (Phi) is 6.27. The number of nitro benzene ring substituents is 1. The maximum absolute atomic E-state index is 12.5. The van der Waals surface area contributed by atoms with Gasteiger partial charge in [-0.15, -0.1) is 11.3 Å². The van der Waals surface area contributed by atoms with Gasteiger partial charge in [0.1, 0.15) is 5.56 Å². The van der Waals surface area contributed by atoms with Crippen LogP contribution in [0.4, 0.5) is 5.69 Å². The van der Waals surface area contributed by atoms with Gasteiger partial charge in [0.05, 0.1) is 21.2 Å². The summed E-state index contributed by atoms with van der Waals surface area (Å²) in [6.07, 6.45) is 0.544. The highest BCUT2D eigenvalue weighted by atomic mass is 32.1. The van der Waals surface area contributed by atoms with Crippen LogP contribution in [0.1, 0.15) is 37.7 Å². The Hall–Kier alpha value is -3.92. The SMILES string of the molecule is Cc1nc(-c2ccc(CCNC(=O)CCN3C(=O)c4cccc([N+](=O)[O-])c4C3=O)cc2)cs1. The number of rotatable bonds is 8. The Morgan fingerprint density at radius 2 is 1.91 bits per heavy atom. The first kappa shape index (κ1) is 22.3. The third kappa shape index (κ3) is 4.65. The lowest BCUT2D eigenvalue weighted by Gasteiger charge is -2.13. The molecule has 0 unspecified atom stereocenters. The molecule has 168 valence electrons. The third-order valence-electron chi connectivity index (χ3n) is 5.34. The minimum absolute atomic E-state index is 0.00846. The molecule has 0 spiro atoms. The van der Waals surface area contributed by atoms with Crippen molar-refractivity contribution in [3.05, 3.63) is 79.7 Å². The number of fused-ring (bicyclic) bond motifs is 1. The number of carbonyl (C=O) groups excluding carboxylic acids is 3. The molecule has 4 rings (SSSR count). The molecule has 2 heterocycles. The Labute approximate surface area is 193 Å². The molecule has 2 aromatic carbocycles. The summed E-state index contributed by atoms with van der Waals surface area (Å²) in [5.74, 6) is -1.68. The van der Waals surface area contributed by atoms with Crippen LogP contribution in [0.3, 0.4) is 0 Å². The fourth-order valence-electron chi connectivity index (χ4n) is 3.66. The number of amides is 3. The summed E-state index contributed by atoms with van der Waals surface area (Å²) < 4.78 is 0. The van der Waals surface area contributed by atoms with Gasteiger partial charge in [0.15, 0.2) is 0 Å². The smallest absolute Gasteiger partial charge is 0.282 e. The minimum Gasteiger partial charge on any atom is -0.356 e. The molecular weight excluding hydrogens is 444 g/mol. The number of aryl methyl sites for hydroxylation is 1. The van der Waals surface area contributed by atoms with E-state index in [9.17, 15) is 24.5 Å². The van der Waals surface area contributed by atoms with E-state index in [0.29, 0.717) is 13.0 Å². The van der Waals surface area contributed by atoms with Gasteiger partial charge in [0, 0.05) is 36.5 Å². The molecule has 1 aliphatic heterocycles. The lowest BCUT2D eigenvalue weighted by Crippen LogP contribution is -2.35. The molecule has 1 N–H and O–H groups in total. The van der Waals surface area contributed by atoms with E-state index >= 15 is 0 Å². The van der Waals surface area contributed by atoms with Gasteiger partial charge in [-0.3, -0.25) is 29.4 Å². The average molecular weight is 465 g/mol. The van der Waals surface area contributed by atoms with Crippen LogP contribution in [0.15, 0.2) is 47.8 Å². The second-order valence-corrected chi connectivity index (χ2v) is 8.58.